The lowest BCUT2D eigenvalue weighted by atomic mass is 10.3. The van der Waals surface area contributed by atoms with Crippen molar-refractivity contribution in [2.24, 2.45) is 0 Å². The van der Waals surface area contributed by atoms with Crippen LogP contribution in [0.25, 0.3) is 0 Å². The molecule has 1 saturated heterocycles. The third kappa shape index (κ3) is 4.91. The summed E-state index contributed by atoms with van der Waals surface area (Å²) in [4.78, 5) is 2.17. The molecule has 0 saturated carbocycles. The van der Waals surface area contributed by atoms with E-state index in [1.807, 2.05) is 13.8 Å². The van der Waals surface area contributed by atoms with E-state index in [9.17, 15) is 8.42 Å². The summed E-state index contributed by atoms with van der Waals surface area (Å²) >= 11 is 0. The smallest absolute Gasteiger partial charge is 0.216 e. The van der Waals surface area contributed by atoms with Gasteiger partial charge in [-0.05, 0) is 46.2 Å². The first kappa shape index (κ1) is 14.9. The van der Waals surface area contributed by atoms with Crippen LogP contribution in [0.2, 0.25) is 0 Å². The molecular weight excluding hydrogens is 240 g/mol. The van der Waals surface area contributed by atoms with E-state index in [-0.39, 0.29) is 17.9 Å². The summed E-state index contributed by atoms with van der Waals surface area (Å²) in [6.45, 7) is 6.23. The number of sulfonamides is 1. The Bertz CT molecular complexity index is 317. The molecule has 0 radical (unpaired) electrons. The van der Waals surface area contributed by atoms with E-state index in [1.165, 1.54) is 0 Å². The Morgan fingerprint density at radius 1 is 1.41 bits per heavy atom. The Morgan fingerprint density at radius 3 is 2.71 bits per heavy atom. The number of nitrogens with one attached hydrogen (secondary N) is 1. The number of unbranched alkanes of at least 4 members (excludes halogenated alkanes) is 1. The first-order valence-electron chi connectivity index (χ1n) is 6.30. The predicted octanol–water partition coefficient (Wildman–Crippen LogP) is 0.161. The minimum atomic E-state index is -3.16. The number of hydrogen-bond acceptors (Lipinski definition) is 4. The summed E-state index contributed by atoms with van der Waals surface area (Å²) < 4.78 is 26.5. The summed E-state index contributed by atoms with van der Waals surface area (Å²) in [6, 6.07) is -0.0385. The number of likely N-dealkylation sites (tertiary alicyclic amines) is 1. The minimum Gasteiger partial charge on any atom is -0.396 e. The first-order chi connectivity index (χ1) is 7.95. The molecule has 1 rings (SSSR count). The molecule has 0 aliphatic carbocycles. The fourth-order valence-corrected chi connectivity index (χ4v) is 3.80. The highest BCUT2D eigenvalue weighted by Gasteiger charge is 2.32. The molecule has 1 atom stereocenters. The number of rotatable bonds is 7. The van der Waals surface area contributed by atoms with Gasteiger partial charge in [0, 0.05) is 19.2 Å². The predicted molar refractivity (Wildman–Crippen MR) is 68.4 cm³/mol. The van der Waals surface area contributed by atoms with Crippen LogP contribution in [0.15, 0.2) is 0 Å². The molecule has 0 aromatic carbocycles. The normalized spacial score (nSPS) is 22.5. The molecule has 1 heterocycles. The van der Waals surface area contributed by atoms with Crippen LogP contribution in [0, 0.1) is 0 Å². The molecule has 1 aliphatic rings. The minimum absolute atomic E-state index is 0.0385. The van der Waals surface area contributed by atoms with Crippen molar-refractivity contribution in [2.75, 3.05) is 26.2 Å². The highest BCUT2D eigenvalue weighted by atomic mass is 32.2. The van der Waals surface area contributed by atoms with Gasteiger partial charge in [0.2, 0.25) is 10.0 Å². The lowest BCUT2D eigenvalue weighted by molar-refractivity contribution is 0.264. The lowest BCUT2D eigenvalue weighted by Gasteiger charge is -2.17. The summed E-state index contributed by atoms with van der Waals surface area (Å²) in [5.41, 5.74) is 0. The Morgan fingerprint density at radius 2 is 2.12 bits per heavy atom. The van der Waals surface area contributed by atoms with E-state index in [1.54, 1.807) is 0 Å². The van der Waals surface area contributed by atoms with Crippen molar-refractivity contribution in [3.05, 3.63) is 0 Å². The monoisotopic (exact) mass is 264 g/mol. The van der Waals surface area contributed by atoms with E-state index in [0.29, 0.717) is 13.0 Å². The van der Waals surface area contributed by atoms with Gasteiger partial charge in [-0.25, -0.2) is 13.1 Å². The molecule has 0 aromatic heterocycles. The van der Waals surface area contributed by atoms with Gasteiger partial charge in [-0.3, -0.25) is 0 Å². The lowest BCUT2D eigenvalue weighted by Crippen LogP contribution is -2.39. The van der Waals surface area contributed by atoms with Gasteiger partial charge in [-0.15, -0.1) is 0 Å². The standard InChI is InChI=1S/C11H24N2O3S/c1-10(2)12-17(15,16)11-5-7-13(9-11)6-3-4-8-14/h10-12,14H,3-9H2,1-2H3. The summed E-state index contributed by atoms with van der Waals surface area (Å²) in [5.74, 6) is 0. The molecule has 1 fully saturated rings. The quantitative estimate of drug-likeness (QED) is 0.643. The van der Waals surface area contributed by atoms with Crippen LogP contribution in [0.5, 0.6) is 0 Å². The molecule has 1 unspecified atom stereocenters. The maximum Gasteiger partial charge on any atom is 0.216 e. The zero-order chi connectivity index (χ0) is 12.9. The topological polar surface area (TPSA) is 69.6 Å². The Hall–Kier alpha value is -0.170. The third-order valence-electron chi connectivity index (χ3n) is 2.95. The van der Waals surface area contributed by atoms with Crippen molar-refractivity contribution >= 4 is 10.0 Å². The molecule has 102 valence electrons. The average molecular weight is 264 g/mol. The van der Waals surface area contributed by atoms with Crippen LogP contribution in [-0.2, 0) is 10.0 Å². The van der Waals surface area contributed by atoms with Crippen LogP contribution >= 0.6 is 0 Å². The van der Waals surface area contributed by atoms with Crippen LogP contribution in [0.3, 0.4) is 0 Å². The second kappa shape index (κ2) is 6.68. The largest absolute Gasteiger partial charge is 0.396 e. The molecule has 0 bridgehead atoms. The van der Waals surface area contributed by atoms with Crippen molar-refractivity contribution in [2.45, 2.75) is 44.4 Å². The Kier molecular flexibility index (Phi) is 5.85. The Labute approximate surface area is 104 Å². The molecule has 1 aliphatic heterocycles. The van der Waals surface area contributed by atoms with Gasteiger partial charge in [0.15, 0.2) is 0 Å². The number of aliphatic hydroxyl groups excluding tert-OH is 1. The highest BCUT2D eigenvalue weighted by Crippen LogP contribution is 2.16. The molecular formula is C11H24N2O3S. The fraction of sp³-hybridized carbons (Fsp3) is 1.00. The second-order valence-electron chi connectivity index (χ2n) is 4.96. The number of aliphatic hydroxyl groups is 1. The number of hydrogen-bond donors (Lipinski definition) is 2. The molecule has 2 N–H and O–H groups in total. The SMILES string of the molecule is CC(C)NS(=O)(=O)C1CCN(CCCCO)C1. The maximum atomic E-state index is 11.9. The van der Waals surface area contributed by atoms with Gasteiger partial charge in [0.1, 0.15) is 0 Å². The zero-order valence-corrected chi connectivity index (χ0v) is 11.5. The summed E-state index contributed by atoms with van der Waals surface area (Å²) in [6.07, 6.45) is 2.43. The van der Waals surface area contributed by atoms with E-state index >= 15 is 0 Å². The van der Waals surface area contributed by atoms with Crippen molar-refractivity contribution in [3.8, 4) is 0 Å². The summed E-state index contributed by atoms with van der Waals surface area (Å²) in [7, 11) is -3.16. The Balaban J connectivity index is 2.39. The molecule has 0 amide bonds. The molecule has 5 nitrogen and oxygen atoms in total. The van der Waals surface area contributed by atoms with Gasteiger partial charge in [-0.1, -0.05) is 0 Å². The molecule has 6 heteroatoms. The van der Waals surface area contributed by atoms with Crippen molar-refractivity contribution in [1.82, 2.24) is 9.62 Å². The van der Waals surface area contributed by atoms with E-state index in [0.717, 1.165) is 25.9 Å². The maximum absolute atomic E-state index is 11.9. The van der Waals surface area contributed by atoms with Crippen LogP contribution in [0.1, 0.15) is 33.1 Å². The molecule has 0 spiro atoms. The first-order valence-corrected chi connectivity index (χ1v) is 7.84. The van der Waals surface area contributed by atoms with Gasteiger partial charge >= 0.3 is 0 Å². The van der Waals surface area contributed by atoms with E-state index in [4.69, 9.17) is 5.11 Å². The van der Waals surface area contributed by atoms with Gasteiger partial charge in [0.25, 0.3) is 0 Å². The molecule has 17 heavy (non-hydrogen) atoms. The van der Waals surface area contributed by atoms with Crippen molar-refractivity contribution in [3.63, 3.8) is 0 Å². The number of nitrogens with zero attached hydrogens (tertiary/aromatic N) is 1. The fourth-order valence-electron chi connectivity index (χ4n) is 2.13. The molecule has 0 aromatic rings. The van der Waals surface area contributed by atoms with Crippen LogP contribution in [-0.4, -0.2) is 56.0 Å². The summed E-state index contributed by atoms with van der Waals surface area (Å²) in [5, 5.41) is 8.42. The van der Waals surface area contributed by atoms with Crippen molar-refractivity contribution < 1.29 is 13.5 Å². The van der Waals surface area contributed by atoms with E-state index in [2.05, 4.69) is 9.62 Å². The average Bonchev–Trinajstić information content (AvgIpc) is 2.65. The van der Waals surface area contributed by atoms with Gasteiger partial charge in [0.05, 0.1) is 5.25 Å². The highest BCUT2D eigenvalue weighted by molar-refractivity contribution is 7.90. The third-order valence-corrected chi connectivity index (χ3v) is 5.01. The van der Waals surface area contributed by atoms with Crippen LogP contribution in [0.4, 0.5) is 0 Å². The van der Waals surface area contributed by atoms with Crippen molar-refractivity contribution in [1.29, 1.82) is 0 Å². The second-order valence-corrected chi connectivity index (χ2v) is 6.95. The van der Waals surface area contributed by atoms with Crippen LogP contribution < -0.4 is 4.72 Å². The zero-order valence-electron chi connectivity index (χ0n) is 10.7. The van der Waals surface area contributed by atoms with Gasteiger partial charge in [-0.2, -0.15) is 0 Å². The van der Waals surface area contributed by atoms with E-state index < -0.39 is 10.0 Å². The van der Waals surface area contributed by atoms with Gasteiger partial charge < -0.3 is 10.0 Å².